The van der Waals surface area contributed by atoms with Crippen LogP contribution in [0.2, 0.25) is 0 Å². The van der Waals surface area contributed by atoms with Crippen LogP contribution in [-0.4, -0.2) is 17.7 Å². The summed E-state index contributed by atoms with van der Waals surface area (Å²) in [6.07, 6.45) is 1.43. The molecule has 2 aliphatic rings. The maximum absolute atomic E-state index is 6.69. The van der Waals surface area contributed by atoms with Gasteiger partial charge in [0.2, 0.25) is 0 Å². The molecule has 5 rings (SSSR count). The third-order valence-corrected chi connectivity index (χ3v) is 5.80. The lowest BCUT2D eigenvalue weighted by Gasteiger charge is -2.30. The smallest absolute Gasteiger partial charge is 0.140 e. The first-order valence-electron chi connectivity index (χ1n) is 9.70. The summed E-state index contributed by atoms with van der Waals surface area (Å²) in [5.41, 5.74) is 6.89. The molecule has 4 heteroatoms. The molecule has 142 valence electrons. The highest BCUT2D eigenvalue weighted by atomic mass is 35.5. The highest BCUT2D eigenvalue weighted by Gasteiger charge is 2.45. The summed E-state index contributed by atoms with van der Waals surface area (Å²) in [5, 5.41) is 0.576. The van der Waals surface area contributed by atoms with E-state index in [1.807, 2.05) is 12.1 Å². The Morgan fingerprint density at radius 3 is 2.07 bits per heavy atom. The lowest BCUT2D eigenvalue weighted by molar-refractivity contribution is 0.660. The molecule has 0 N–H and O–H groups in total. The van der Waals surface area contributed by atoms with E-state index in [0.29, 0.717) is 5.17 Å². The number of nitrogens with zero attached hydrogens (tertiary/aromatic N) is 3. The van der Waals surface area contributed by atoms with Crippen LogP contribution in [0.25, 0.3) is 11.3 Å². The van der Waals surface area contributed by atoms with Crippen LogP contribution in [0.3, 0.4) is 0 Å². The Labute approximate surface area is 175 Å². The van der Waals surface area contributed by atoms with Gasteiger partial charge in [-0.1, -0.05) is 90.0 Å². The zero-order valence-electron chi connectivity index (χ0n) is 16.0. The number of aryl methyl sites for hydroxylation is 1. The molecule has 2 unspecified atom stereocenters. The number of aliphatic imine (C=N–C) groups is 2. The fourth-order valence-corrected chi connectivity index (χ4v) is 4.42. The van der Waals surface area contributed by atoms with Crippen LogP contribution >= 0.6 is 11.6 Å². The van der Waals surface area contributed by atoms with E-state index in [9.17, 15) is 0 Å². The molecule has 0 aliphatic carbocycles. The topological polar surface area (TPSA) is 28.0 Å². The van der Waals surface area contributed by atoms with Gasteiger partial charge in [-0.3, -0.25) is 0 Å². The van der Waals surface area contributed by atoms with Gasteiger partial charge >= 0.3 is 0 Å². The Morgan fingerprint density at radius 1 is 0.793 bits per heavy atom. The Balaban J connectivity index is 1.81. The molecule has 0 amide bonds. The summed E-state index contributed by atoms with van der Waals surface area (Å²) in [7, 11) is 0. The van der Waals surface area contributed by atoms with Gasteiger partial charge in [0.1, 0.15) is 17.7 Å². The monoisotopic (exact) mass is 397 g/mol. The number of hydrogen-bond acceptors (Lipinski definition) is 3. The molecule has 2 heterocycles. The minimum atomic E-state index is -0.159. The lowest BCUT2D eigenvalue weighted by atomic mass is 9.91. The zero-order valence-corrected chi connectivity index (χ0v) is 16.8. The number of fused-ring (bicyclic) bond motifs is 1. The van der Waals surface area contributed by atoms with E-state index in [0.717, 1.165) is 28.1 Å². The molecule has 0 saturated carbocycles. The summed E-state index contributed by atoms with van der Waals surface area (Å²) >= 11 is 6.69. The summed E-state index contributed by atoms with van der Waals surface area (Å²) in [6, 6.07) is 29.5. The molecule has 3 aromatic rings. The van der Waals surface area contributed by atoms with Crippen LogP contribution in [0.15, 0.2) is 94.9 Å². The number of benzene rings is 3. The molecule has 0 radical (unpaired) electrons. The predicted molar refractivity (Wildman–Crippen MR) is 122 cm³/mol. The lowest BCUT2D eigenvalue weighted by Crippen LogP contribution is -2.36. The molecule has 0 spiro atoms. The number of rotatable bonds is 3. The van der Waals surface area contributed by atoms with Crippen LogP contribution in [0.5, 0.6) is 0 Å². The summed E-state index contributed by atoms with van der Waals surface area (Å²) in [6.45, 7) is 2.10. The molecule has 0 saturated heterocycles. The second-order valence-electron chi connectivity index (χ2n) is 7.31. The van der Waals surface area contributed by atoms with Crippen LogP contribution in [0, 0.1) is 12.8 Å². The van der Waals surface area contributed by atoms with Gasteiger partial charge in [0.05, 0.1) is 11.6 Å². The minimum absolute atomic E-state index is 0.111. The first-order valence-corrected chi connectivity index (χ1v) is 10.1. The SMILES string of the molecule is Cc1ccc(N2C(c3ccccc3)=C(c3ccccc3)C3C(Cl)=NC=NC32)cc1. The van der Waals surface area contributed by atoms with E-state index in [4.69, 9.17) is 16.6 Å². The molecule has 29 heavy (non-hydrogen) atoms. The Hall–Kier alpha value is -3.17. The van der Waals surface area contributed by atoms with Gasteiger partial charge < -0.3 is 4.90 Å². The Morgan fingerprint density at radius 2 is 1.41 bits per heavy atom. The minimum Gasteiger partial charge on any atom is -0.317 e. The van der Waals surface area contributed by atoms with Gasteiger partial charge in [0, 0.05) is 5.69 Å². The molecular formula is C25H20ClN3. The van der Waals surface area contributed by atoms with Crippen LogP contribution < -0.4 is 4.90 Å². The Kier molecular flexibility index (Phi) is 4.53. The van der Waals surface area contributed by atoms with Crippen LogP contribution in [-0.2, 0) is 0 Å². The van der Waals surface area contributed by atoms with Gasteiger partial charge in [0.25, 0.3) is 0 Å². The maximum atomic E-state index is 6.69. The maximum Gasteiger partial charge on any atom is 0.140 e. The third kappa shape index (κ3) is 3.08. The molecule has 0 fully saturated rings. The number of anilines is 1. The summed E-state index contributed by atoms with van der Waals surface area (Å²) in [5.74, 6) is -0.111. The van der Waals surface area contributed by atoms with E-state index in [1.54, 1.807) is 6.34 Å². The fraction of sp³-hybridized carbons (Fsp3) is 0.120. The van der Waals surface area contributed by atoms with Gasteiger partial charge in [-0.05, 0) is 35.8 Å². The molecule has 0 aromatic heterocycles. The van der Waals surface area contributed by atoms with E-state index in [-0.39, 0.29) is 12.1 Å². The number of hydrogen-bond donors (Lipinski definition) is 0. The fourth-order valence-electron chi connectivity index (χ4n) is 4.15. The van der Waals surface area contributed by atoms with Crippen molar-refractivity contribution in [1.82, 2.24) is 0 Å². The molecule has 0 bridgehead atoms. The van der Waals surface area contributed by atoms with Crippen molar-refractivity contribution in [3.8, 4) is 0 Å². The second-order valence-corrected chi connectivity index (χ2v) is 7.69. The van der Waals surface area contributed by atoms with E-state index >= 15 is 0 Å². The van der Waals surface area contributed by atoms with Crippen molar-refractivity contribution in [2.45, 2.75) is 13.1 Å². The Bertz CT molecular complexity index is 1120. The van der Waals surface area contributed by atoms with Gasteiger partial charge in [-0.2, -0.15) is 0 Å². The second kappa shape index (κ2) is 7.34. The standard InChI is InChI=1S/C25H20ClN3/c1-17-12-14-20(15-13-17)29-23(19-10-6-3-7-11-19)21(18-8-4-2-5-9-18)22-24(26)27-16-28-25(22)29/h2-16,22,25H,1H3. The van der Waals surface area contributed by atoms with Crippen molar-refractivity contribution < 1.29 is 0 Å². The summed E-state index contributed by atoms with van der Waals surface area (Å²) < 4.78 is 0. The van der Waals surface area contributed by atoms with Gasteiger partial charge in [-0.25, -0.2) is 9.98 Å². The van der Waals surface area contributed by atoms with E-state index in [2.05, 4.69) is 89.6 Å². The van der Waals surface area contributed by atoms with Crippen molar-refractivity contribution in [2.75, 3.05) is 4.90 Å². The molecule has 3 nitrogen and oxygen atoms in total. The van der Waals surface area contributed by atoms with E-state index < -0.39 is 0 Å². The number of halogens is 1. The van der Waals surface area contributed by atoms with Gasteiger partial charge in [0.15, 0.2) is 0 Å². The normalized spacial score (nSPS) is 20.6. The quantitative estimate of drug-likeness (QED) is 0.532. The predicted octanol–water partition coefficient (Wildman–Crippen LogP) is 6.01. The first kappa shape index (κ1) is 17.9. The van der Waals surface area contributed by atoms with Crippen molar-refractivity contribution in [3.05, 3.63) is 102 Å². The van der Waals surface area contributed by atoms with Crippen molar-refractivity contribution in [3.63, 3.8) is 0 Å². The van der Waals surface area contributed by atoms with E-state index in [1.165, 1.54) is 5.56 Å². The van der Waals surface area contributed by atoms with Crippen LogP contribution in [0.1, 0.15) is 16.7 Å². The van der Waals surface area contributed by atoms with Crippen molar-refractivity contribution >= 4 is 40.1 Å². The average molecular weight is 398 g/mol. The largest absolute Gasteiger partial charge is 0.317 e. The van der Waals surface area contributed by atoms with Gasteiger partial charge in [-0.15, -0.1) is 0 Å². The van der Waals surface area contributed by atoms with Crippen molar-refractivity contribution in [2.24, 2.45) is 15.9 Å². The van der Waals surface area contributed by atoms with Crippen molar-refractivity contribution in [1.29, 1.82) is 0 Å². The highest BCUT2D eigenvalue weighted by molar-refractivity contribution is 6.67. The molecule has 2 aliphatic heterocycles. The molecular weight excluding hydrogens is 378 g/mol. The van der Waals surface area contributed by atoms with Crippen LogP contribution in [0.4, 0.5) is 5.69 Å². The highest BCUT2D eigenvalue weighted by Crippen LogP contribution is 2.49. The molecule has 3 aromatic carbocycles. The first-order chi connectivity index (χ1) is 14.2. The third-order valence-electron chi connectivity index (χ3n) is 5.47. The average Bonchev–Trinajstić information content (AvgIpc) is 3.12. The summed E-state index contributed by atoms with van der Waals surface area (Å²) in [4.78, 5) is 11.4. The zero-order chi connectivity index (χ0) is 19.8. The molecule has 2 atom stereocenters.